The molecule has 2 N–H and O–H groups in total. The third kappa shape index (κ3) is 2.24. The topological polar surface area (TPSA) is 90.9 Å². The summed E-state index contributed by atoms with van der Waals surface area (Å²) in [6, 6.07) is 3.21. The second-order valence-electron chi connectivity index (χ2n) is 4.07. The molecule has 19 heavy (non-hydrogen) atoms. The molecular formula is C13H14N4O2. The number of aromatic nitrogens is 3. The normalized spacial score (nSPS) is 10.4. The molecule has 0 spiro atoms. The predicted molar refractivity (Wildman–Crippen MR) is 70.7 cm³/mol. The zero-order valence-electron chi connectivity index (χ0n) is 10.8. The number of carbonyl (C=O) groups is 1. The Labute approximate surface area is 109 Å². The van der Waals surface area contributed by atoms with Crippen molar-refractivity contribution in [3.63, 3.8) is 0 Å². The van der Waals surface area contributed by atoms with E-state index in [0.29, 0.717) is 17.8 Å². The largest absolute Gasteiger partial charge is 0.365 e. The zero-order valence-corrected chi connectivity index (χ0v) is 10.8. The molecule has 2 aromatic rings. The SMILES string of the molecule is CCn1c(C)c(-c2ccncn2)cc(C(N)=O)c1=O. The average molecular weight is 258 g/mol. The molecule has 2 aromatic heterocycles. The summed E-state index contributed by atoms with van der Waals surface area (Å²) in [5.41, 5.74) is 6.96. The van der Waals surface area contributed by atoms with Crippen molar-refractivity contribution in [3.8, 4) is 11.3 Å². The maximum atomic E-state index is 12.1. The Morgan fingerprint density at radius 2 is 2.21 bits per heavy atom. The number of rotatable bonds is 3. The number of hydrogen-bond acceptors (Lipinski definition) is 4. The van der Waals surface area contributed by atoms with E-state index in [2.05, 4.69) is 9.97 Å². The quantitative estimate of drug-likeness (QED) is 0.878. The third-order valence-electron chi connectivity index (χ3n) is 3.00. The van der Waals surface area contributed by atoms with Crippen LogP contribution >= 0.6 is 0 Å². The van der Waals surface area contributed by atoms with Crippen molar-refractivity contribution in [2.45, 2.75) is 20.4 Å². The molecule has 0 bridgehead atoms. The van der Waals surface area contributed by atoms with E-state index >= 15 is 0 Å². The molecule has 98 valence electrons. The lowest BCUT2D eigenvalue weighted by Gasteiger charge is -2.13. The molecule has 6 nitrogen and oxygen atoms in total. The van der Waals surface area contributed by atoms with Gasteiger partial charge in [-0.25, -0.2) is 9.97 Å². The van der Waals surface area contributed by atoms with Gasteiger partial charge < -0.3 is 10.3 Å². The monoisotopic (exact) mass is 258 g/mol. The van der Waals surface area contributed by atoms with Crippen LogP contribution in [-0.2, 0) is 6.54 Å². The smallest absolute Gasteiger partial charge is 0.263 e. The molecule has 0 saturated carbocycles. The lowest BCUT2D eigenvalue weighted by molar-refractivity contribution is 0.0998. The number of amides is 1. The molecule has 0 aliphatic carbocycles. The van der Waals surface area contributed by atoms with Crippen molar-refractivity contribution in [1.82, 2.24) is 14.5 Å². The van der Waals surface area contributed by atoms with E-state index in [1.165, 1.54) is 17.0 Å². The average Bonchev–Trinajstić information content (AvgIpc) is 2.40. The van der Waals surface area contributed by atoms with Crippen molar-refractivity contribution in [2.75, 3.05) is 0 Å². The Hall–Kier alpha value is -2.50. The molecule has 0 radical (unpaired) electrons. The van der Waals surface area contributed by atoms with Gasteiger partial charge in [0.15, 0.2) is 0 Å². The first-order valence-electron chi connectivity index (χ1n) is 5.87. The molecule has 0 unspecified atom stereocenters. The van der Waals surface area contributed by atoms with E-state index < -0.39 is 5.91 Å². The van der Waals surface area contributed by atoms with Gasteiger partial charge in [0, 0.05) is 24.0 Å². The summed E-state index contributed by atoms with van der Waals surface area (Å²) < 4.78 is 1.51. The van der Waals surface area contributed by atoms with Crippen molar-refractivity contribution in [3.05, 3.63) is 46.3 Å². The van der Waals surface area contributed by atoms with Crippen LogP contribution in [-0.4, -0.2) is 20.4 Å². The highest BCUT2D eigenvalue weighted by molar-refractivity contribution is 5.93. The number of nitrogens with two attached hydrogens (primary N) is 1. The molecule has 0 aliphatic rings. The number of carbonyl (C=O) groups excluding carboxylic acids is 1. The Morgan fingerprint density at radius 3 is 2.74 bits per heavy atom. The second-order valence-corrected chi connectivity index (χ2v) is 4.07. The molecule has 0 saturated heterocycles. The Balaban J connectivity index is 2.79. The van der Waals surface area contributed by atoms with Crippen molar-refractivity contribution in [2.24, 2.45) is 5.73 Å². The Bertz CT molecular complexity index is 677. The maximum Gasteiger partial charge on any atom is 0.263 e. The highest BCUT2D eigenvalue weighted by Gasteiger charge is 2.16. The number of primary amides is 1. The van der Waals surface area contributed by atoms with Crippen LogP contribution in [0.1, 0.15) is 23.0 Å². The first kappa shape index (κ1) is 12.9. The standard InChI is InChI=1S/C13H14N4O2/c1-3-17-8(2)9(11-4-5-15-7-16-11)6-10(12(14)18)13(17)19/h4-7H,3H2,1-2H3,(H2,14,18). The van der Waals surface area contributed by atoms with E-state index in [9.17, 15) is 9.59 Å². The van der Waals surface area contributed by atoms with Crippen LogP contribution in [0.25, 0.3) is 11.3 Å². The molecule has 0 fully saturated rings. The van der Waals surface area contributed by atoms with Crippen molar-refractivity contribution < 1.29 is 4.79 Å². The van der Waals surface area contributed by atoms with E-state index in [4.69, 9.17) is 5.73 Å². The van der Waals surface area contributed by atoms with Crippen molar-refractivity contribution in [1.29, 1.82) is 0 Å². The van der Waals surface area contributed by atoms with Crippen LogP contribution in [0, 0.1) is 6.92 Å². The van der Waals surface area contributed by atoms with Gasteiger partial charge in [0.1, 0.15) is 11.9 Å². The van der Waals surface area contributed by atoms with Crippen molar-refractivity contribution >= 4 is 5.91 Å². The minimum Gasteiger partial charge on any atom is -0.365 e. The van der Waals surface area contributed by atoms with Crippen LogP contribution in [0.15, 0.2) is 29.5 Å². The summed E-state index contributed by atoms with van der Waals surface area (Å²) in [4.78, 5) is 31.4. The zero-order chi connectivity index (χ0) is 14.0. The van der Waals surface area contributed by atoms with E-state index in [1.54, 1.807) is 12.3 Å². The lowest BCUT2D eigenvalue weighted by atomic mass is 10.1. The van der Waals surface area contributed by atoms with E-state index in [-0.39, 0.29) is 11.1 Å². The van der Waals surface area contributed by atoms with Gasteiger partial charge in [-0.1, -0.05) is 0 Å². The van der Waals surface area contributed by atoms with Gasteiger partial charge in [-0.2, -0.15) is 0 Å². The number of pyridine rings is 1. The highest BCUT2D eigenvalue weighted by Crippen LogP contribution is 2.20. The van der Waals surface area contributed by atoms with Crippen LogP contribution < -0.4 is 11.3 Å². The first-order valence-corrected chi connectivity index (χ1v) is 5.87. The minimum atomic E-state index is -0.734. The number of nitrogens with zero attached hydrogens (tertiary/aromatic N) is 3. The van der Waals surface area contributed by atoms with Crippen LogP contribution in [0.4, 0.5) is 0 Å². The molecule has 2 heterocycles. The summed E-state index contributed by atoms with van der Waals surface area (Å²) in [7, 11) is 0. The molecule has 0 aliphatic heterocycles. The Morgan fingerprint density at radius 1 is 1.47 bits per heavy atom. The molecular weight excluding hydrogens is 244 g/mol. The molecule has 0 aromatic carbocycles. The van der Waals surface area contributed by atoms with Gasteiger partial charge in [0.25, 0.3) is 11.5 Å². The fourth-order valence-electron chi connectivity index (χ4n) is 2.02. The van der Waals surface area contributed by atoms with Crippen LogP contribution in [0.3, 0.4) is 0 Å². The van der Waals surface area contributed by atoms with E-state index in [0.717, 1.165) is 5.69 Å². The minimum absolute atomic E-state index is 0.0268. The molecule has 2 rings (SSSR count). The maximum absolute atomic E-state index is 12.1. The summed E-state index contributed by atoms with van der Waals surface area (Å²) in [5.74, 6) is -0.734. The highest BCUT2D eigenvalue weighted by atomic mass is 16.2. The van der Waals surface area contributed by atoms with E-state index in [1.807, 2.05) is 13.8 Å². The molecule has 1 amide bonds. The van der Waals surface area contributed by atoms with Gasteiger partial charge in [0.05, 0.1) is 5.69 Å². The first-order chi connectivity index (χ1) is 9.06. The van der Waals surface area contributed by atoms with Gasteiger partial charge in [-0.05, 0) is 26.0 Å². The second kappa shape index (κ2) is 5.01. The fourth-order valence-corrected chi connectivity index (χ4v) is 2.02. The summed E-state index contributed by atoms with van der Waals surface area (Å²) in [5, 5.41) is 0. The fraction of sp³-hybridized carbons (Fsp3) is 0.231. The van der Waals surface area contributed by atoms with Gasteiger partial charge in [-0.3, -0.25) is 9.59 Å². The van der Waals surface area contributed by atoms with Gasteiger partial charge in [0.2, 0.25) is 0 Å². The molecule has 0 atom stereocenters. The summed E-state index contributed by atoms with van der Waals surface area (Å²) >= 11 is 0. The van der Waals surface area contributed by atoms with Crippen LogP contribution in [0.2, 0.25) is 0 Å². The lowest BCUT2D eigenvalue weighted by Crippen LogP contribution is -2.31. The van der Waals surface area contributed by atoms with Gasteiger partial charge >= 0.3 is 0 Å². The number of hydrogen-bond donors (Lipinski definition) is 1. The van der Waals surface area contributed by atoms with Crippen LogP contribution in [0.5, 0.6) is 0 Å². The third-order valence-corrected chi connectivity index (χ3v) is 3.00. The predicted octanol–water partition coefficient (Wildman–Crippen LogP) is 0.733. The summed E-state index contributed by atoms with van der Waals surface area (Å²) in [6.45, 7) is 4.11. The Kier molecular flexibility index (Phi) is 3.41. The molecule has 6 heteroatoms. The summed E-state index contributed by atoms with van der Waals surface area (Å²) in [6.07, 6.45) is 3.02. The van der Waals surface area contributed by atoms with Gasteiger partial charge in [-0.15, -0.1) is 0 Å².